The monoisotopic (exact) mass is 306 g/mol. The number of aryl methyl sites for hydroxylation is 1. The van der Waals surface area contributed by atoms with Crippen LogP contribution >= 0.6 is 15.9 Å². The lowest BCUT2D eigenvalue weighted by molar-refractivity contribution is -0.116. The topological polar surface area (TPSA) is 43.4 Å². The molecule has 1 aromatic carbocycles. The average Bonchev–Trinajstić information content (AvgIpc) is 2.95. The van der Waals surface area contributed by atoms with Crippen molar-refractivity contribution >= 4 is 43.7 Å². The first-order valence-electron chi connectivity index (χ1n) is 5.72. The number of hydrogen-bond donors (Lipinski definition) is 0. The van der Waals surface area contributed by atoms with Crippen molar-refractivity contribution in [3.63, 3.8) is 0 Å². The largest absolute Gasteiger partial charge is 0.464 e. The second-order valence-electron chi connectivity index (χ2n) is 4.32. The summed E-state index contributed by atoms with van der Waals surface area (Å²) in [4.78, 5) is 11.2. The molecule has 0 atom stereocenters. The Hall–Kier alpha value is -1.55. The number of Topliss-reactive ketones (excluding diaryl/α,β-unsaturated/α-hetero) is 1. The third-order valence-electron chi connectivity index (χ3n) is 3.09. The van der Waals surface area contributed by atoms with Crippen molar-refractivity contribution in [1.82, 2.24) is 0 Å². The quantitative estimate of drug-likeness (QED) is 0.717. The molecule has 0 bridgehead atoms. The Morgan fingerprint density at radius 2 is 1.83 bits per heavy atom. The lowest BCUT2D eigenvalue weighted by atomic mass is 10.0. The minimum atomic E-state index is 0.175. The molecule has 3 nitrogen and oxygen atoms in total. The molecule has 92 valence electrons. The van der Waals surface area contributed by atoms with Crippen molar-refractivity contribution in [2.75, 3.05) is 0 Å². The molecule has 3 aromatic rings. The van der Waals surface area contributed by atoms with Gasteiger partial charge in [0, 0.05) is 22.8 Å². The van der Waals surface area contributed by atoms with Gasteiger partial charge in [0.2, 0.25) is 0 Å². The zero-order valence-corrected chi connectivity index (χ0v) is 11.4. The van der Waals surface area contributed by atoms with Gasteiger partial charge in [-0.2, -0.15) is 0 Å². The van der Waals surface area contributed by atoms with Crippen LogP contribution in [0.15, 0.2) is 38.0 Å². The van der Waals surface area contributed by atoms with Crippen LogP contribution in [-0.4, -0.2) is 5.78 Å². The lowest BCUT2D eigenvalue weighted by Crippen LogP contribution is -1.95. The summed E-state index contributed by atoms with van der Waals surface area (Å²) >= 11 is 3.53. The number of ketones is 1. The summed E-state index contributed by atoms with van der Waals surface area (Å²) < 4.78 is 12.0. The molecule has 0 spiro atoms. The fraction of sp³-hybridized carbons (Fsp3) is 0.214. The van der Waals surface area contributed by atoms with Crippen LogP contribution in [0, 0.1) is 0 Å². The Labute approximate surface area is 112 Å². The molecule has 0 N–H and O–H groups in total. The van der Waals surface area contributed by atoms with Crippen molar-refractivity contribution in [2.45, 2.75) is 19.8 Å². The molecule has 0 aliphatic carbocycles. The van der Waals surface area contributed by atoms with E-state index in [1.807, 2.05) is 12.1 Å². The first kappa shape index (κ1) is 11.5. The fourth-order valence-corrected chi connectivity index (χ4v) is 2.85. The molecule has 2 heterocycles. The molecule has 0 aliphatic heterocycles. The van der Waals surface area contributed by atoms with Gasteiger partial charge in [-0.25, -0.2) is 0 Å². The van der Waals surface area contributed by atoms with Crippen LogP contribution in [0.3, 0.4) is 0 Å². The van der Waals surface area contributed by atoms with Crippen molar-refractivity contribution in [3.05, 3.63) is 34.7 Å². The van der Waals surface area contributed by atoms with Gasteiger partial charge in [0.15, 0.2) is 0 Å². The lowest BCUT2D eigenvalue weighted by Gasteiger charge is -2.05. The molecule has 0 fully saturated rings. The Kier molecular flexibility index (Phi) is 2.74. The van der Waals surface area contributed by atoms with E-state index in [9.17, 15) is 4.79 Å². The maximum absolute atomic E-state index is 11.2. The first-order chi connectivity index (χ1) is 8.68. The third-order valence-corrected chi connectivity index (χ3v) is 3.88. The summed E-state index contributed by atoms with van der Waals surface area (Å²) in [5, 5.41) is 1.99. The molecule has 2 aromatic heterocycles. The Morgan fingerprint density at radius 1 is 1.17 bits per heavy atom. The first-order valence-corrected chi connectivity index (χ1v) is 6.52. The Morgan fingerprint density at radius 3 is 2.56 bits per heavy atom. The van der Waals surface area contributed by atoms with E-state index in [2.05, 4.69) is 15.9 Å². The van der Waals surface area contributed by atoms with Gasteiger partial charge in [0.1, 0.15) is 16.9 Å². The molecule has 0 unspecified atom stereocenters. The number of fused-ring (bicyclic) bond motifs is 2. The maximum Gasteiger partial charge on any atom is 0.149 e. The van der Waals surface area contributed by atoms with Gasteiger partial charge < -0.3 is 13.6 Å². The van der Waals surface area contributed by atoms with Gasteiger partial charge in [0.25, 0.3) is 0 Å². The minimum Gasteiger partial charge on any atom is -0.464 e. The molecule has 0 aliphatic rings. The molecule has 0 saturated heterocycles. The highest BCUT2D eigenvalue weighted by molar-refractivity contribution is 9.10. The third kappa shape index (κ3) is 1.68. The molecule has 0 amide bonds. The van der Waals surface area contributed by atoms with Crippen LogP contribution in [0.5, 0.6) is 0 Å². The maximum atomic E-state index is 11.2. The van der Waals surface area contributed by atoms with E-state index in [1.54, 1.807) is 19.5 Å². The average molecular weight is 307 g/mol. The number of benzene rings is 1. The highest BCUT2D eigenvalue weighted by Gasteiger charge is 2.17. The van der Waals surface area contributed by atoms with Crippen LogP contribution < -0.4 is 0 Å². The zero-order chi connectivity index (χ0) is 12.7. The molecule has 4 heteroatoms. The van der Waals surface area contributed by atoms with Gasteiger partial charge in [0.05, 0.1) is 17.0 Å². The van der Waals surface area contributed by atoms with E-state index in [0.717, 1.165) is 32.0 Å². The molecular weight excluding hydrogens is 296 g/mol. The number of halogens is 1. The number of furan rings is 2. The van der Waals surface area contributed by atoms with E-state index in [4.69, 9.17) is 8.83 Å². The number of rotatable bonds is 3. The van der Waals surface area contributed by atoms with Gasteiger partial charge in [-0.3, -0.25) is 0 Å². The van der Waals surface area contributed by atoms with Crippen molar-refractivity contribution in [1.29, 1.82) is 0 Å². The van der Waals surface area contributed by atoms with Crippen molar-refractivity contribution < 1.29 is 13.6 Å². The SMILES string of the molecule is CC(=O)CCc1c2ccoc2c(Br)c2ccoc12. The van der Waals surface area contributed by atoms with Gasteiger partial charge in [-0.05, 0) is 41.4 Å². The Balaban J connectivity index is 2.29. The van der Waals surface area contributed by atoms with E-state index in [0.29, 0.717) is 12.8 Å². The zero-order valence-electron chi connectivity index (χ0n) is 9.83. The van der Waals surface area contributed by atoms with E-state index >= 15 is 0 Å². The van der Waals surface area contributed by atoms with Gasteiger partial charge in [-0.1, -0.05) is 0 Å². The number of hydrogen-bond acceptors (Lipinski definition) is 3. The summed E-state index contributed by atoms with van der Waals surface area (Å²) in [5.41, 5.74) is 2.68. The standard InChI is InChI=1S/C14H11BrO3/c1-8(16)2-3-9-10-4-6-18-14(10)12(15)11-5-7-17-13(9)11/h4-7H,2-3H2,1H3. The van der Waals surface area contributed by atoms with Crippen LogP contribution in [0.1, 0.15) is 18.9 Å². The summed E-state index contributed by atoms with van der Waals surface area (Å²) in [6.45, 7) is 1.60. The predicted molar refractivity (Wildman–Crippen MR) is 72.7 cm³/mol. The summed E-state index contributed by atoms with van der Waals surface area (Å²) in [7, 11) is 0. The molecule has 3 rings (SSSR count). The molecular formula is C14H11BrO3. The highest BCUT2D eigenvalue weighted by Crippen LogP contribution is 2.38. The summed E-state index contributed by atoms with van der Waals surface area (Å²) in [6.07, 6.45) is 4.50. The second kappa shape index (κ2) is 4.28. The van der Waals surface area contributed by atoms with Gasteiger partial charge in [-0.15, -0.1) is 0 Å². The summed E-state index contributed by atoms with van der Waals surface area (Å²) in [6, 6.07) is 3.82. The normalized spacial score (nSPS) is 11.4. The van der Waals surface area contributed by atoms with Crippen LogP contribution in [0.25, 0.3) is 21.9 Å². The fourth-order valence-electron chi connectivity index (χ4n) is 2.23. The molecule has 0 saturated carbocycles. The van der Waals surface area contributed by atoms with Crippen LogP contribution in [0.4, 0.5) is 0 Å². The smallest absolute Gasteiger partial charge is 0.149 e. The highest BCUT2D eigenvalue weighted by atomic mass is 79.9. The van der Waals surface area contributed by atoms with Crippen LogP contribution in [-0.2, 0) is 11.2 Å². The van der Waals surface area contributed by atoms with E-state index < -0.39 is 0 Å². The number of carbonyl (C=O) groups is 1. The van der Waals surface area contributed by atoms with Crippen molar-refractivity contribution in [3.8, 4) is 0 Å². The van der Waals surface area contributed by atoms with E-state index in [-0.39, 0.29) is 5.78 Å². The Bertz CT molecular complexity index is 684. The van der Waals surface area contributed by atoms with Crippen LogP contribution in [0.2, 0.25) is 0 Å². The second-order valence-corrected chi connectivity index (χ2v) is 5.11. The molecule has 0 radical (unpaired) electrons. The minimum absolute atomic E-state index is 0.175. The van der Waals surface area contributed by atoms with Crippen molar-refractivity contribution in [2.24, 2.45) is 0 Å². The molecule has 18 heavy (non-hydrogen) atoms. The predicted octanol–water partition coefficient (Wildman–Crippen LogP) is 4.46. The van der Waals surface area contributed by atoms with Gasteiger partial charge >= 0.3 is 0 Å². The van der Waals surface area contributed by atoms with E-state index in [1.165, 1.54) is 0 Å². The summed E-state index contributed by atoms with van der Waals surface area (Å²) in [5.74, 6) is 0.175. The number of carbonyl (C=O) groups excluding carboxylic acids is 1.